The molecule has 1 fully saturated rings. The van der Waals surface area contributed by atoms with Crippen LogP contribution in [0.2, 0.25) is 0 Å². The van der Waals surface area contributed by atoms with Crippen molar-refractivity contribution in [2.75, 3.05) is 6.54 Å². The Labute approximate surface area is 142 Å². The third-order valence-electron chi connectivity index (χ3n) is 4.25. The van der Waals surface area contributed by atoms with E-state index in [4.69, 9.17) is 0 Å². The number of carbonyl (C=O) groups is 1. The van der Waals surface area contributed by atoms with Gasteiger partial charge < -0.3 is 10.6 Å². The van der Waals surface area contributed by atoms with Crippen molar-refractivity contribution in [1.29, 1.82) is 0 Å². The molecule has 0 spiro atoms. The molecule has 3 N–H and O–H groups in total. The van der Waals surface area contributed by atoms with Gasteiger partial charge in [0.15, 0.2) is 0 Å². The van der Waals surface area contributed by atoms with Crippen molar-refractivity contribution in [3.8, 4) is 11.3 Å². The van der Waals surface area contributed by atoms with Crippen LogP contribution in [0.15, 0.2) is 30.3 Å². The Morgan fingerprint density at radius 3 is 2.74 bits per heavy atom. The summed E-state index contributed by atoms with van der Waals surface area (Å²) in [5.74, 6) is -0.0913. The molecule has 124 valence electrons. The van der Waals surface area contributed by atoms with Crippen molar-refractivity contribution >= 4 is 18.3 Å². The van der Waals surface area contributed by atoms with Crippen LogP contribution in [0.3, 0.4) is 0 Å². The van der Waals surface area contributed by atoms with Crippen molar-refractivity contribution in [3.05, 3.63) is 41.6 Å². The van der Waals surface area contributed by atoms with Gasteiger partial charge in [-0.25, -0.2) is 0 Å². The summed E-state index contributed by atoms with van der Waals surface area (Å²) in [4.78, 5) is 12.3. The first-order valence-corrected chi connectivity index (χ1v) is 7.80. The molecule has 1 saturated heterocycles. The van der Waals surface area contributed by atoms with Crippen LogP contribution in [-0.4, -0.2) is 34.7 Å². The number of hydrogen-bond acceptors (Lipinski definition) is 3. The van der Waals surface area contributed by atoms with E-state index in [-0.39, 0.29) is 24.4 Å². The molecular formula is C17H23ClN4O. The number of aryl methyl sites for hydroxylation is 1. The van der Waals surface area contributed by atoms with Gasteiger partial charge in [-0.15, -0.1) is 12.4 Å². The number of rotatable bonds is 3. The van der Waals surface area contributed by atoms with Gasteiger partial charge >= 0.3 is 0 Å². The van der Waals surface area contributed by atoms with Gasteiger partial charge in [0.1, 0.15) is 5.69 Å². The summed E-state index contributed by atoms with van der Waals surface area (Å²) in [6.07, 6.45) is 2.10. The molecule has 2 aromatic rings. The number of amides is 1. The average Bonchev–Trinajstić information content (AvgIpc) is 3.00. The Hall–Kier alpha value is -1.85. The maximum atomic E-state index is 12.3. The third-order valence-corrected chi connectivity index (χ3v) is 4.25. The minimum atomic E-state index is -0.0913. The van der Waals surface area contributed by atoms with Gasteiger partial charge in [0, 0.05) is 17.6 Å². The predicted octanol–water partition coefficient (Wildman–Crippen LogP) is 2.68. The van der Waals surface area contributed by atoms with E-state index < -0.39 is 0 Å². The van der Waals surface area contributed by atoms with Gasteiger partial charge in [0.2, 0.25) is 0 Å². The summed E-state index contributed by atoms with van der Waals surface area (Å²) in [5.41, 5.74) is 3.51. The lowest BCUT2D eigenvalue weighted by molar-refractivity contribution is 0.0914. The predicted molar refractivity (Wildman–Crippen MR) is 94.0 cm³/mol. The standard InChI is InChI=1S/C17H22N4O.ClH/c1-11-5-7-13(8-6-11)15-10-16(21-20-15)17(22)19-14-4-3-9-18-12(14)2;/h5-8,10,12,14,18H,3-4,9H2,1-2H3,(H,19,22)(H,20,21);1H. The minimum Gasteiger partial charge on any atom is -0.346 e. The van der Waals surface area contributed by atoms with Gasteiger partial charge in [-0.2, -0.15) is 5.10 Å². The lowest BCUT2D eigenvalue weighted by atomic mass is 10.00. The van der Waals surface area contributed by atoms with Crippen LogP contribution in [-0.2, 0) is 0 Å². The summed E-state index contributed by atoms with van der Waals surface area (Å²) in [5, 5.41) is 13.6. The van der Waals surface area contributed by atoms with E-state index in [1.165, 1.54) is 5.56 Å². The first-order valence-electron chi connectivity index (χ1n) is 7.80. The third kappa shape index (κ3) is 4.12. The molecule has 5 nitrogen and oxygen atoms in total. The minimum absolute atomic E-state index is 0. The molecule has 2 unspecified atom stereocenters. The molecule has 3 rings (SSSR count). The normalized spacial score (nSPS) is 20.6. The smallest absolute Gasteiger partial charge is 0.269 e. The molecule has 0 bridgehead atoms. The highest BCUT2D eigenvalue weighted by Gasteiger charge is 2.23. The molecule has 6 heteroatoms. The van der Waals surface area contributed by atoms with E-state index in [1.54, 1.807) is 6.07 Å². The van der Waals surface area contributed by atoms with Crippen LogP contribution in [0.4, 0.5) is 0 Å². The van der Waals surface area contributed by atoms with Crippen LogP contribution < -0.4 is 10.6 Å². The Bertz CT molecular complexity index is 653. The number of H-pyrrole nitrogens is 1. The SMILES string of the molecule is Cc1ccc(-c2cc(C(=O)NC3CCCNC3C)[nH]n2)cc1.Cl. The average molecular weight is 335 g/mol. The molecule has 2 atom stereocenters. The molecule has 1 aliphatic heterocycles. The fourth-order valence-electron chi connectivity index (χ4n) is 2.80. The zero-order valence-corrected chi connectivity index (χ0v) is 14.2. The quantitative estimate of drug-likeness (QED) is 0.808. The van der Waals surface area contributed by atoms with Crippen molar-refractivity contribution in [2.45, 2.75) is 38.8 Å². The molecule has 0 radical (unpaired) electrons. The van der Waals surface area contributed by atoms with Crippen LogP contribution in [0, 0.1) is 6.92 Å². The highest BCUT2D eigenvalue weighted by Crippen LogP contribution is 2.18. The van der Waals surface area contributed by atoms with E-state index in [1.807, 2.05) is 31.2 Å². The summed E-state index contributed by atoms with van der Waals surface area (Å²) in [7, 11) is 0. The molecule has 2 heterocycles. The number of nitrogens with zero attached hydrogens (tertiary/aromatic N) is 1. The van der Waals surface area contributed by atoms with Crippen LogP contribution >= 0.6 is 12.4 Å². The van der Waals surface area contributed by atoms with Gasteiger partial charge in [0.05, 0.1) is 5.69 Å². The zero-order valence-electron chi connectivity index (χ0n) is 13.4. The number of piperidine rings is 1. The maximum absolute atomic E-state index is 12.3. The molecule has 1 aliphatic rings. The van der Waals surface area contributed by atoms with E-state index in [9.17, 15) is 4.79 Å². The van der Waals surface area contributed by atoms with E-state index in [0.29, 0.717) is 11.7 Å². The monoisotopic (exact) mass is 334 g/mol. The van der Waals surface area contributed by atoms with E-state index >= 15 is 0 Å². The summed E-state index contributed by atoms with van der Waals surface area (Å²) in [6.45, 7) is 5.18. The number of benzene rings is 1. The van der Waals surface area contributed by atoms with Gasteiger partial charge in [-0.05, 0) is 39.3 Å². The largest absolute Gasteiger partial charge is 0.346 e. The molecule has 1 aromatic heterocycles. The van der Waals surface area contributed by atoms with Crippen molar-refractivity contribution in [3.63, 3.8) is 0 Å². The van der Waals surface area contributed by atoms with Crippen LogP contribution in [0.1, 0.15) is 35.8 Å². The fraction of sp³-hybridized carbons (Fsp3) is 0.412. The number of aromatic nitrogens is 2. The molecule has 1 amide bonds. The molecule has 0 saturated carbocycles. The van der Waals surface area contributed by atoms with Crippen LogP contribution in [0.25, 0.3) is 11.3 Å². The Morgan fingerprint density at radius 1 is 1.30 bits per heavy atom. The van der Waals surface area contributed by atoms with Crippen molar-refractivity contribution < 1.29 is 4.79 Å². The van der Waals surface area contributed by atoms with Gasteiger partial charge in [0.25, 0.3) is 5.91 Å². The lowest BCUT2D eigenvalue weighted by Crippen LogP contribution is -2.51. The number of carbonyl (C=O) groups excluding carboxylic acids is 1. The van der Waals surface area contributed by atoms with E-state index in [2.05, 4.69) is 27.8 Å². The molecule has 1 aromatic carbocycles. The molecule has 23 heavy (non-hydrogen) atoms. The Kier molecular flexibility index (Phi) is 5.80. The Morgan fingerprint density at radius 2 is 2.04 bits per heavy atom. The van der Waals surface area contributed by atoms with Gasteiger partial charge in [-0.1, -0.05) is 29.8 Å². The highest BCUT2D eigenvalue weighted by molar-refractivity contribution is 5.93. The number of halogens is 1. The maximum Gasteiger partial charge on any atom is 0.269 e. The Balaban J connectivity index is 0.00000192. The number of aromatic amines is 1. The zero-order chi connectivity index (χ0) is 15.5. The van der Waals surface area contributed by atoms with Crippen molar-refractivity contribution in [1.82, 2.24) is 20.8 Å². The topological polar surface area (TPSA) is 69.8 Å². The molecular weight excluding hydrogens is 312 g/mol. The number of hydrogen-bond donors (Lipinski definition) is 3. The fourth-order valence-corrected chi connectivity index (χ4v) is 2.80. The van der Waals surface area contributed by atoms with E-state index in [0.717, 1.165) is 30.6 Å². The van der Waals surface area contributed by atoms with Crippen LogP contribution in [0.5, 0.6) is 0 Å². The summed E-state index contributed by atoms with van der Waals surface area (Å²) in [6, 6.07) is 10.4. The second kappa shape index (κ2) is 7.62. The first-order chi connectivity index (χ1) is 10.6. The second-order valence-electron chi connectivity index (χ2n) is 6.00. The van der Waals surface area contributed by atoms with Crippen molar-refractivity contribution in [2.24, 2.45) is 0 Å². The summed E-state index contributed by atoms with van der Waals surface area (Å²) >= 11 is 0. The van der Waals surface area contributed by atoms with Gasteiger partial charge in [-0.3, -0.25) is 9.89 Å². The first kappa shape index (κ1) is 17.5. The summed E-state index contributed by atoms with van der Waals surface area (Å²) < 4.78 is 0. The highest BCUT2D eigenvalue weighted by atomic mass is 35.5. The molecule has 0 aliphatic carbocycles. The lowest BCUT2D eigenvalue weighted by Gasteiger charge is -2.30. The second-order valence-corrected chi connectivity index (χ2v) is 6.00. The number of nitrogens with one attached hydrogen (secondary N) is 3.